The lowest BCUT2D eigenvalue weighted by Gasteiger charge is -2.18. The highest BCUT2D eigenvalue weighted by molar-refractivity contribution is 6.30. The van der Waals surface area contributed by atoms with Gasteiger partial charge in [0, 0.05) is 33.9 Å². The lowest BCUT2D eigenvalue weighted by atomic mass is 9.95. The maximum atomic E-state index is 5.06. The van der Waals surface area contributed by atoms with Gasteiger partial charge in [-0.25, -0.2) is 9.98 Å². The van der Waals surface area contributed by atoms with Gasteiger partial charge in [0.25, 0.3) is 0 Å². The van der Waals surface area contributed by atoms with E-state index in [2.05, 4.69) is 113 Å². The first-order chi connectivity index (χ1) is 17.8. The first-order valence-electron chi connectivity index (χ1n) is 12.6. The van der Waals surface area contributed by atoms with Gasteiger partial charge in [0.2, 0.25) is 0 Å². The molecule has 0 saturated carbocycles. The van der Waals surface area contributed by atoms with Crippen LogP contribution in [-0.2, 0) is 0 Å². The van der Waals surface area contributed by atoms with Crippen LogP contribution in [0.25, 0.3) is 17.2 Å². The van der Waals surface area contributed by atoms with Crippen LogP contribution in [0, 0.1) is 0 Å². The summed E-state index contributed by atoms with van der Waals surface area (Å²) in [5.41, 5.74) is 8.72. The number of hydrogen-bond acceptors (Lipinski definition) is 3. The Morgan fingerprint density at radius 3 is 2.36 bits per heavy atom. The highest BCUT2D eigenvalue weighted by atomic mass is 15.0. The number of hydrogen-bond donors (Lipinski definition) is 2. The predicted molar refractivity (Wildman–Crippen MR) is 148 cm³/mol. The molecule has 7 rings (SSSR count). The van der Waals surface area contributed by atoms with Crippen LogP contribution in [0.3, 0.4) is 0 Å². The minimum atomic E-state index is 0.238. The molecular weight excluding hydrogens is 440 g/mol. The predicted octanol–water partition coefficient (Wildman–Crippen LogP) is 4.45. The van der Waals surface area contributed by atoms with Gasteiger partial charge in [-0.2, -0.15) is 0 Å². The average Bonchev–Trinajstić information content (AvgIpc) is 3.72. The van der Waals surface area contributed by atoms with E-state index in [1.807, 2.05) is 6.07 Å². The second kappa shape index (κ2) is 8.74. The molecule has 174 valence electrons. The average molecular weight is 467 g/mol. The molecule has 0 amide bonds. The number of allylic oxidation sites excluding steroid dienone is 4. The number of fused-ring (bicyclic) bond motifs is 6. The van der Waals surface area contributed by atoms with Gasteiger partial charge in [-0.3, -0.25) is 0 Å². The summed E-state index contributed by atoms with van der Waals surface area (Å²) < 4.78 is 0. The number of aliphatic imine (C=N–C) groups is 2. The zero-order valence-corrected chi connectivity index (χ0v) is 19.9. The molecule has 1 saturated heterocycles. The molecule has 4 aliphatic heterocycles. The zero-order chi connectivity index (χ0) is 23.9. The first-order valence-corrected chi connectivity index (χ1v) is 12.6. The molecule has 8 bridgehead atoms. The lowest BCUT2D eigenvalue weighted by molar-refractivity contribution is 0.676. The van der Waals surface area contributed by atoms with Crippen molar-refractivity contribution in [2.75, 3.05) is 0 Å². The van der Waals surface area contributed by atoms with Crippen LogP contribution in [0.4, 0.5) is 0 Å². The minimum Gasteiger partial charge on any atom is -0.355 e. The van der Waals surface area contributed by atoms with Crippen molar-refractivity contribution >= 4 is 28.6 Å². The third-order valence-electron chi connectivity index (χ3n) is 7.19. The monoisotopic (exact) mass is 466 g/mol. The summed E-state index contributed by atoms with van der Waals surface area (Å²) in [6.07, 6.45) is 15.1. The third kappa shape index (κ3) is 3.86. The normalized spacial score (nSPS) is 28.3. The molecule has 2 N–H and O–H groups in total. The molecule has 5 heterocycles. The maximum Gasteiger partial charge on any atom is 0.0736 e. The van der Waals surface area contributed by atoms with Gasteiger partial charge in [0.1, 0.15) is 0 Å². The highest BCUT2D eigenvalue weighted by Gasteiger charge is 2.29. The molecule has 2 atom stereocenters. The Hall–Kier alpha value is -4.28. The van der Waals surface area contributed by atoms with E-state index in [0.717, 1.165) is 57.5 Å². The van der Waals surface area contributed by atoms with Gasteiger partial charge in [0.15, 0.2) is 0 Å². The smallest absolute Gasteiger partial charge is 0.0736 e. The summed E-state index contributed by atoms with van der Waals surface area (Å²) in [5, 5.41) is 5.94. The van der Waals surface area contributed by atoms with Crippen molar-refractivity contribution in [2.45, 2.75) is 24.9 Å². The Balaban J connectivity index is 1.45. The number of rotatable bonds is 2. The number of aromatic nitrogens is 1. The van der Waals surface area contributed by atoms with Gasteiger partial charge in [-0.05, 0) is 72.6 Å². The number of nitrogens with one attached hydrogen (secondary N) is 2. The quantitative estimate of drug-likeness (QED) is 0.576. The Labute approximate surface area is 210 Å². The van der Waals surface area contributed by atoms with E-state index >= 15 is 0 Å². The van der Waals surface area contributed by atoms with Crippen molar-refractivity contribution in [1.29, 1.82) is 0 Å². The van der Waals surface area contributed by atoms with Crippen LogP contribution >= 0.6 is 0 Å². The van der Waals surface area contributed by atoms with Crippen LogP contribution in [0.5, 0.6) is 0 Å². The van der Waals surface area contributed by atoms with E-state index in [4.69, 9.17) is 9.98 Å². The number of aromatic amines is 1. The van der Waals surface area contributed by atoms with E-state index < -0.39 is 0 Å². The summed E-state index contributed by atoms with van der Waals surface area (Å²) >= 11 is 0. The van der Waals surface area contributed by atoms with Gasteiger partial charge in [-0.1, -0.05) is 60.7 Å². The van der Waals surface area contributed by atoms with Crippen molar-refractivity contribution < 1.29 is 0 Å². The zero-order valence-electron chi connectivity index (χ0n) is 19.9. The molecule has 4 aliphatic rings. The van der Waals surface area contributed by atoms with Gasteiger partial charge >= 0.3 is 0 Å². The van der Waals surface area contributed by atoms with Crippen molar-refractivity contribution in [1.82, 2.24) is 10.3 Å². The molecule has 3 aromatic rings. The Morgan fingerprint density at radius 2 is 1.53 bits per heavy atom. The van der Waals surface area contributed by atoms with E-state index in [1.165, 1.54) is 11.1 Å². The topological polar surface area (TPSA) is 52.5 Å². The molecule has 4 nitrogen and oxygen atoms in total. The van der Waals surface area contributed by atoms with E-state index in [-0.39, 0.29) is 12.1 Å². The fourth-order valence-corrected chi connectivity index (χ4v) is 5.55. The summed E-state index contributed by atoms with van der Waals surface area (Å²) in [4.78, 5) is 13.7. The molecule has 0 spiro atoms. The van der Waals surface area contributed by atoms with Crippen LogP contribution in [0.2, 0.25) is 0 Å². The van der Waals surface area contributed by atoms with Crippen molar-refractivity contribution in [3.8, 4) is 0 Å². The first kappa shape index (κ1) is 21.0. The second-order valence-corrected chi connectivity index (χ2v) is 9.57. The molecule has 0 aliphatic carbocycles. The molecule has 2 aromatic carbocycles. The molecular formula is C32H26N4. The second-order valence-electron chi connectivity index (χ2n) is 9.57. The van der Waals surface area contributed by atoms with Gasteiger partial charge < -0.3 is 10.3 Å². The van der Waals surface area contributed by atoms with Crippen molar-refractivity contribution in [3.05, 3.63) is 136 Å². The van der Waals surface area contributed by atoms with Crippen LogP contribution in [0.1, 0.15) is 24.0 Å². The molecule has 0 radical (unpaired) electrons. The summed E-state index contributed by atoms with van der Waals surface area (Å²) in [7, 11) is 0. The van der Waals surface area contributed by atoms with E-state index in [9.17, 15) is 0 Å². The minimum absolute atomic E-state index is 0.238. The summed E-state index contributed by atoms with van der Waals surface area (Å²) in [6, 6.07) is 25.9. The van der Waals surface area contributed by atoms with Crippen molar-refractivity contribution in [3.63, 3.8) is 0 Å². The molecule has 2 unspecified atom stereocenters. The maximum absolute atomic E-state index is 5.06. The highest BCUT2D eigenvalue weighted by Crippen LogP contribution is 2.33. The SMILES string of the molecule is C1=C/C2=C(\c3ccccc3)C3CCC(/C=C4/C=CC(=N4)/C(c4ccccc4)=c4/cc/c([nH]4)=C/C1=N2)N3. The van der Waals surface area contributed by atoms with Crippen LogP contribution in [0.15, 0.2) is 125 Å². The van der Waals surface area contributed by atoms with Gasteiger partial charge in [0.05, 0.1) is 22.8 Å². The van der Waals surface area contributed by atoms with E-state index in [0.29, 0.717) is 0 Å². The van der Waals surface area contributed by atoms with Crippen LogP contribution in [-0.4, -0.2) is 28.5 Å². The van der Waals surface area contributed by atoms with E-state index in [1.54, 1.807) is 0 Å². The molecule has 36 heavy (non-hydrogen) atoms. The number of benzene rings is 2. The standard InChI is InChI=1S/C32H26N4/c1-3-7-21(8-4-1)31-27-15-11-23(33-27)19-25-13-17-29(35-25)32(22-9-5-2-6-10-22)30-18-14-26(36-30)20-24-12-16-28(31)34-24/h1-13,15-17,19-20,26,30,33,36H,14,18H2/b23-19-,24-20-,31-27-,32-29-. The molecule has 4 heteroatoms. The fourth-order valence-electron chi connectivity index (χ4n) is 5.55. The van der Waals surface area contributed by atoms with Gasteiger partial charge in [-0.15, -0.1) is 0 Å². The lowest BCUT2D eigenvalue weighted by Crippen LogP contribution is -2.29. The van der Waals surface area contributed by atoms with Crippen LogP contribution < -0.4 is 16.0 Å². The summed E-state index contributed by atoms with van der Waals surface area (Å²) in [6.45, 7) is 0. The molecule has 1 fully saturated rings. The number of nitrogens with zero attached hydrogens (tertiary/aromatic N) is 2. The van der Waals surface area contributed by atoms with Crippen molar-refractivity contribution in [2.24, 2.45) is 9.98 Å². The number of H-pyrrole nitrogens is 1. The largest absolute Gasteiger partial charge is 0.355 e. The fraction of sp³-hybridized carbons (Fsp3) is 0.125. The summed E-state index contributed by atoms with van der Waals surface area (Å²) in [5.74, 6) is 0. The Bertz CT molecular complexity index is 1640. The third-order valence-corrected chi connectivity index (χ3v) is 7.19. The Morgan fingerprint density at radius 1 is 0.722 bits per heavy atom. The Kier molecular flexibility index (Phi) is 5.11. The molecule has 1 aromatic heterocycles.